The van der Waals surface area contributed by atoms with Gasteiger partial charge in [-0.1, -0.05) is 59.9 Å². The Labute approximate surface area is 170 Å². The topological polar surface area (TPSA) is 70.8 Å². The number of rotatable bonds is 3. The number of fused-ring (bicyclic) bond motifs is 2. The van der Waals surface area contributed by atoms with Gasteiger partial charge in [-0.3, -0.25) is 0 Å². The van der Waals surface area contributed by atoms with E-state index in [1.165, 1.54) is 0 Å². The van der Waals surface area contributed by atoms with Crippen molar-refractivity contribution >= 4 is 27.4 Å². The highest BCUT2D eigenvalue weighted by atomic mass is 32.1. The average Bonchev–Trinajstić information content (AvgIpc) is 3.52. The van der Waals surface area contributed by atoms with Crippen LogP contribution in [-0.4, -0.2) is 26.7 Å². The number of hydrogen-bond donors (Lipinski definition) is 1. The van der Waals surface area contributed by atoms with Gasteiger partial charge in [0.25, 0.3) is 0 Å². The molecule has 0 unspecified atom stereocenters. The van der Waals surface area contributed by atoms with Crippen LogP contribution in [0.1, 0.15) is 23.2 Å². The Morgan fingerprint density at radius 2 is 1.90 bits per heavy atom. The van der Waals surface area contributed by atoms with Gasteiger partial charge in [0.15, 0.2) is 0 Å². The number of furan rings is 1. The van der Waals surface area contributed by atoms with E-state index < -0.39 is 0 Å². The Morgan fingerprint density at radius 1 is 1.03 bits per heavy atom. The van der Waals surface area contributed by atoms with E-state index in [1.807, 2.05) is 36.4 Å². The molecule has 1 atom stereocenters. The summed E-state index contributed by atoms with van der Waals surface area (Å²) in [6.07, 6.45) is 2.64. The number of H-pyrrole nitrogens is 1. The van der Waals surface area contributed by atoms with Crippen LogP contribution in [0.2, 0.25) is 0 Å². The van der Waals surface area contributed by atoms with Gasteiger partial charge in [-0.25, -0.2) is 4.98 Å². The zero-order valence-electron chi connectivity index (χ0n) is 15.4. The van der Waals surface area contributed by atoms with Gasteiger partial charge < -0.3 is 14.3 Å². The molecule has 4 heterocycles. The zero-order valence-corrected chi connectivity index (χ0v) is 16.3. The molecule has 0 aliphatic carbocycles. The van der Waals surface area contributed by atoms with Gasteiger partial charge >= 0.3 is 0 Å². The van der Waals surface area contributed by atoms with E-state index in [0.29, 0.717) is 0 Å². The molecule has 5 aromatic rings. The molecule has 1 aliphatic rings. The number of para-hydroxylation sites is 1. The number of aromatic amines is 1. The third kappa shape index (κ3) is 2.74. The first kappa shape index (κ1) is 16.5. The van der Waals surface area contributed by atoms with E-state index in [1.54, 1.807) is 17.7 Å². The number of anilines is 1. The molecule has 0 bridgehead atoms. The summed E-state index contributed by atoms with van der Waals surface area (Å²) in [5.41, 5.74) is 4.10. The van der Waals surface area contributed by atoms with Gasteiger partial charge in [0.1, 0.15) is 22.4 Å². The quantitative estimate of drug-likeness (QED) is 0.471. The van der Waals surface area contributed by atoms with Crippen molar-refractivity contribution in [2.75, 3.05) is 11.4 Å². The molecule has 0 radical (unpaired) electrons. The maximum absolute atomic E-state index is 6.24. The third-order valence-corrected chi connectivity index (χ3v) is 6.33. The van der Waals surface area contributed by atoms with Crippen LogP contribution in [0, 0.1) is 0 Å². The molecule has 0 amide bonds. The Bertz CT molecular complexity index is 1260. The lowest BCUT2D eigenvalue weighted by Gasteiger charge is -2.33. The second-order valence-electron chi connectivity index (χ2n) is 7.05. The number of nitrogens with one attached hydrogen (secondary N) is 1. The minimum atomic E-state index is -0.131. The van der Waals surface area contributed by atoms with Crippen molar-refractivity contribution < 1.29 is 4.42 Å². The standard InChI is InChI=1S/C22H17N5OS/c1-2-6-14(7-3-1)21-25-26-22(29-21)27-11-10-16-19(24-13-23-16)20(27)18-12-15-8-4-5-9-17(15)28-18/h1-9,12-13,20H,10-11H2,(H,23,24)/t20-/m0/s1. The van der Waals surface area contributed by atoms with E-state index >= 15 is 0 Å². The van der Waals surface area contributed by atoms with E-state index in [4.69, 9.17) is 4.42 Å². The van der Waals surface area contributed by atoms with Crippen LogP contribution in [0.5, 0.6) is 0 Å². The summed E-state index contributed by atoms with van der Waals surface area (Å²) in [6.45, 7) is 0.820. The molecule has 2 aromatic carbocycles. The zero-order chi connectivity index (χ0) is 19.2. The van der Waals surface area contributed by atoms with Gasteiger partial charge in [-0.2, -0.15) is 0 Å². The highest BCUT2D eigenvalue weighted by Gasteiger charge is 2.35. The average molecular weight is 399 g/mol. The Kier molecular flexibility index (Phi) is 3.73. The van der Waals surface area contributed by atoms with Crippen LogP contribution in [0.3, 0.4) is 0 Å². The Morgan fingerprint density at radius 3 is 2.79 bits per heavy atom. The molecule has 0 fully saturated rings. The summed E-state index contributed by atoms with van der Waals surface area (Å²) in [5, 5.41) is 11.8. The Balaban J connectivity index is 1.45. The van der Waals surface area contributed by atoms with Crippen LogP contribution >= 0.6 is 11.3 Å². The molecule has 7 heteroatoms. The maximum atomic E-state index is 6.24. The summed E-state index contributed by atoms with van der Waals surface area (Å²) in [7, 11) is 0. The lowest BCUT2D eigenvalue weighted by Crippen LogP contribution is -2.36. The fraction of sp³-hybridized carbons (Fsp3) is 0.136. The monoisotopic (exact) mass is 399 g/mol. The summed E-state index contributed by atoms with van der Waals surface area (Å²) in [6, 6.07) is 20.2. The lowest BCUT2D eigenvalue weighted by molar-refractivity contribution is 0.486. The van der Waals surface area contributed by atoms with E-state index in [2.05, 4.69) is 49.3 Å². The van der Waals surface area contributed by atoms with Crippen LogP contribution < -0.4 is 4.90 Å². The number of nitrogens with zero attached hydrogens (tertiary/aromatic N) is 4. The van der Waals surface area contributed by atoms with Crippen LogP contribution in [0.4, 0.5) is 5.13 Å². The van der Waals surface area contributed by atoms with E-state index in [-0.39, 0.29) is 6.04 Å². The van der Waals surface area contributed by atoms with Gasteiger partial charge in [-0.05, 0) is 12.1 Å². The Hall–Kier alpha value is -3.45. The molecule has 0 saturated carbocycles. The molecule has 1 aliphatic heterocycles. The fourth-order valence-electron chi connectivity index (χ4n) is 3.94. The molecule has 6 nitrogen and oxygen atoms in total. The van der Waals surface area contributed by atoms with Crippen molar-refractivity contribution in [3.05, 3.63) is 84.1 Å². The first-order chi connectivity index (χ1) is 14.4. The predicted octanol–water partition coefficient (Wildman–Crippen LogP) is 4.83. The van der Waals surface area contributed by atoms with Gasteiger partial charge in [0.05, 0.1) is 12.0 Å². The number of imidazole rings is 1. The minimum Gasteiger partial charge on any atom is -0.458 e. The molecular formula is C22H17N5OS. The first-order valence-corrected chi connectivity index (χ1v) is 10.3. The van der Waals surface area contributed by atoms with Crippen molar-refractivity contribution in [2.45, 2.75) is 12.5 Å². The highest BCUT2D eigenvalue weighted by molar-refractivity contribution is 7.18. The summed E-state index contributed by atoms with van der Waals surface area (Å²) in [4.78, 5) is 10.2. The predicted molar refractivity (Wildman–Crippen MR) is 113 cm³/mol. The molecule has 142 valence electrons. The second-order valence-corrected chi connectivity index (χ2v) is 8.01. The van der Waals surface area contributed by atoms with E-state index in [9.17, 15) is 0 Å². The van der Waals surface area contributed by atoms with Crippen molar-refractivity contribution in [2.24, 2.45) is 0 Å². The summed E-state index contributed by atoms with van der Waals surface area (Å²) >= 11 is 1.60. The maximum Gasteiger partial charge on any atom is 0.209 e. The van der Waals surface area contributed by atoms with Crippen LogP contribution in [0.15, 0.2) is 71.4 Å². The molecule has 0 spiro atoms. The smallest absolute Gasteiger partial charge is 0.209 e. The summed E-state index contributed by atoms with van der Waals surface area (Å²) < 4.78 is 6.24. The van der Waals surface area contributed by atoms with Crippen LogP contribution in [0.25, 0.3) is 21.5 Å². The van der Waals surface area contributed by atoms with Crippen molar-refractivity contribution in [1.82, 2.24) is 20.2 Å². The molecule has 6 rings (SSSR count). The number of benzene rings is 2. The van der Waals surface area contributed by atoms with Gasteiger partial charge in [-0.15, -0.1) is 10.2 Å². The molecule has 29 heavy (non-hydrogen) atoms. The largest absolute Gasteiger partial charge is 0.458 e. The molecule has 1 N–H and O–H groups in total. The van der Waals surface area contributed by atoms with Gasteiger partial charge in [0, 0.05) is 29.6 Å². The number of aromatic nitrogens is 4. The van der Waals surface area contributed by atoms with E-state index in [0.717, 1.165) is 56.8 Å². The number of hydrogen-bond acceptors (Lipinski definition) is 6. The third-order valence-electron chi connectivity index (χ3n) is 5.32. The normalized spacial score (nSPS) is 16.3. The van der Waals surface area contributed by atoms with Crippen LogP contribution in [-0.2, 0) is 6.42 Å². The molecular weight excluding hydrogens is 382 g/mol. The van der Waals surface area contributed by atoms with Gasteiger partial charge in [0.2, 0.25) is 5.13 Å². The first-order valence-electron chi connectivity index (χ1n) is 9.53. The molecule has 3 aromatic heterocycles. The summed E-state index contributed by atoms with van der Waals surface area (Å²) in [5.74, 6) is 0.871. The highest BCUT2D eigenvalue weighted by Crippen LogP contribution is 2.41. The van der Waals surface area contributed by atoms with Crippen molar-refractivity contribution in [3.63, 3.8) is 0 Å². The fourth-order valence-corrected chi connectivity index (χ4v) is 4.84. The minimum absolute atomic E-state index is 0.131. The second kappa shape index (κ2) is 6.56. The lowest BCUT2D eigenvalue weighted by atomic mass is 10.0. The molecule has 0 saturated heterocycles. The van der Waals surface area contributed by atoms with Crippen molar-refractivity contribution in [1.29, 1.82) is 0 Å². The SMILES string of the molecule is c1ccc(-c2nnc(N3CCc4[nH]cnc4[C@@H]3c3cc4ccccc4o3)s2)cc1. The van der Waals surface area contributed by atoms with Crippen molar-refractivity contribution in [3.8, 4) is 10.6 Å².